The molecule has 98 valence electrons. The monoisotopic (exact) mass is 238 g/mol. The number of piperidine rings is 1. The topological polar surface area (TPSA) is 46.3 Å². The molecule has 1 aliphatic carbocycles. The van der Waals surface area contributed by atoms with Crippen LogP contribution in [0.5, 0.6) is 0 Å². The van der Waals surface area contributed by atoms with Gasteiger partial charge >= 0.3 is 0 Å². The lowest BCUT2D eigenvalue weighted by molar-refractivity contribution is -0.134. The molecule has 1 aliphatic heterocycles. The Kier molecular flexibility index (Phi) is 4.43. The Balaban J connectivity index is 1.83. The summed E-state index contributed by atoms with van der Waals surface area (Å²) in [6.45, 7) is 4.16. The summed E-state index contributed by atoms with van der Waals surface area (Å²) in [5, 5.41) is 0. The van der Waals surface area contributed by atoms with Crippen molar-refractivity contribution in [2.24, 2.45) is 17.6 Å². The summed E-state index contributed by atoms with van der Waals surface area (Å²) in [5.41, 5.74) is 6.11. The molecule has 17 heavy (non-hydrogen) atoms. The molecule has 1 amide bonds. The lowest BCUT2D eigenvalue weighted by Crippen LogP contribution is -2.42. The number of rotatable bonds is 2. The smallest absolute Gasteiger partial charge is 0.222 e. The van der Waals surface area contributed by atoms with Crippen LogP contribution in [-0.2, 0) is 4.79 Å². The zero-order chi connectivity index (χ0) is 12.3. The minimum Gasteiger partial charge on any atom is -0.342 e. The van der Waals surface area contributed by atoms with Gasteiger partial charge in [0.1, 0.15) is 0 Å². The summed E-state index contributed by atoms with van der Waals surface area (Å²) in [5.74, 6) is 1.46. The Morgan fingerprint density at radius 2 is 2.00 bits per heavy atom. The second-order valence-corrected chi connectivity index (χ2v) is 6.00. The predicted molar refractivity (Wildman–Crippen MR) is 69.5 cm³/mol. The van der Waals surface area contributed by atoms with Crippen LogP contribution in [0.15, 0.2) is 0 Å². The largest absolute Gasteiger partial charge is 0.342 e. The van der Waals surface area contributed by atoms with E-state index in [0.717, 1.165) is 25.9 Å². The zero-order valence-corrected chi connectivity index (χ0v) is 11.0. The normalized spacial score (nSPS) is 34.7. The molecule has 3 atom stereocenters. The fraction of sp³-hybridized carbons (Fsp3) is 0.929. The van der Waals surface area contributed by atoms with E-state index in [-0.39, 0.29) is 6.04 Å². The van der Waals surface area contributed by atoms with Gasteiger partial charge in [0.2, 0.25) is 5.91 Å². The number of nitrogens with two attached hydrogens (primary N) is 1. The number of nitrogens with zero attached hydrogens (tertiary/aromatic N) is 1. The predicted octanol–water partition coefficient (Wildman–Crippen LogP) is 2.15. The van der Waals surface area contributed by atoms with Gasteiger partial charge < -0.3 is 10.6 Å². The number of likely N-dealkylation sites (tertiary alicyclic amines) is 1. The maximum atomic E-state index is 12.2. The van der Waals surface area contributed by atoms with Crippen LogP contribution in [0.2, 0.25) is 0 Å². The summed E-state index contributed by atoms with van der Waals surface area (Å²) >= 11 is 0. The summed E-state index contributed by atoms with van der Waals surface area (Å²) < 4.78 is 0. The van der Waals surface area contributed by atoms with Gasteiger partial charge in [-0.05, 0) is 37.5 Å². The van der Waals surface area contributed by atoms with Crippen molar-refractivity contribution in [2.45, 2.75) is 57.9 Å². The van der Waals surface area contributed by atoms with Gasteiger partial charge in [0, 0.05) is 25.6 Å². The zero-order valence-electron chi connectivity index (χ0n) is 11.0. The van der Waals surface area contributed by atoms with E-state index in [4.69, 9.17) is 5.73 Å². The Labute approximate surface area is 105 Å². The molecule has 2 N–H and O–H groups in total. The first-order chi connectivity index (χ1) is 8.16. The van der Waals surface area contributed by atoms with Crippen LogP contribution in [0, 0.1) is 11.8 Å². The average molecular weight is 238 g/mol. The molecule has 3 unspecified atom stereocenters. The minimum atomic E-state index is 0.259. The Hall–Kier alpha value is -0.570. The fourth-order valence-corrected chi connectivity index (χ4v) is 3.26. The number of hydrogen-bond donors (Lipinski definition) is 1. The molecule has 3 nitrogen and oxygen atoms in total. The average Bonchev–Trinajstić information content (AvgIpc) is 2.32. The molecule has 0 aromatic heterocycles. The van der Waals surface area contributed by atoms with E-state index in [1.165, 1.54) is 25.7 Å². The highest BCUT2D eigenvalue weighted by Crippen LogP contribution is 2.27. The molecule has 2 aliphatic rings. The van der Waals surface area contributed by atoms with Crippen LogP contribution < -0.4 is 5.73 Å². The van der Waals surface area contributed by atoms with Crippen LogP contribution in [0.1, 0.15) is 51.9 Å². The molecule has 3 heteroatoms. The van der Waals surface area contributed by atoms with Gasteiger partial charge in [-0.3, -0.25) is 4.79 Å². The van der Waals surface area contributed by atoms with E-state index >= 15 is 0 Å². The van der Waals surface area contributed by atoms with Crippen molar-refractivity contribution in [1.82, 2.24) is 4.90 Å². The molecule has 2 fully saturated rings. The Morgan fingerprint density at radius 3 is 2.71 bits per heavy atom. The maximum Gasteiger partial charge on any atom is 0.222 e. The van der Waals surface area contributed by atoms with Gasteiger partial charge in [-0.1, -0.05) is 19.8 Å². The molecular weight excluding hydrogens is 212 g/mol. The Bertz CT molecular complexity index is 267. The molecule has 1 saturated carbocycles. The van der Waals surface area contributed by atoms with Gasteiger partial charge in [-0.15, -0.1) is 0 Å². The second kappa shape index (κ2) is 5.85. The third-order valence-corrected chi connectivity index (χ3v) is 4.41. The molecule has 1 heterocycles. The van der Waals surface area contributed by atoms with Crippen molar-refractivity contribution in [1.29, 1.82) is 0 Å². The van der Waals surface area contributed by atoms with E-state index in [1.54, 1.807) is 0 Å². The SMILES string of the molecule is CC1CCCN(C(=O)CC2CCCCC2N)C1. The molecule has 0 radical (unpaired) electrons. The van der Waals surface area contributed by atoms with Crippen molar-refractivity contribution in [3.8, 4) is 0 Å². The van der Waals surface area contributed by atoms with E-state index in [9.17, 15) is 4.79 Å². The van der Waals surface area contributed by atoms with E-state index in [0.29, 0.717) is 24.2 Å². The van der Waals surface area contributed by atoms with Gasteiger partial charge in [0.25, 0.3) is 0 Å². The maximum absolute atomic E-state index is 12.2. The minimum absolute atomic E-state index is 0.259. The summed E-state index contributed by atoms with van der Waals surface area (Å²) in [7, 11) is 0. The van der Waals surface area contributed by atoms with E-state index in [2.05, 4.69) is 11.8 Å². The van der Waals surface area contributed by atoms with Crippen molar-refractivity contribution in [3.63, 3.8) is 0 Å². The van der Waals surface area contributed by atoms with Gasteiger partial charge in [-0.2, -0.15) is 0 Å². The van der Waals surface area contributed by atoms with Gasteiger partial charge in [-0.25, -0.2) is 0 Å². The van der Waals surface area contributed by atoms with Crippen molar-refractivity contribution in [3.05, 3.63) is 0 Å². The third-order valence-electron chi connectivity index (χ3n) is 4.41. The number of carbonyl (C=O) groups excluding carboxylic acids is 1. The molecule has 1 saturated heterocycles. The number of hydrogen-bond acceptors (Lipinski definition) is 2. The lowest BCUT2D eigenvalue weighted by atomic mass is 9.82. The number of amides is 1. The molecule has 0 bridgehead atoms. The highest BCUT2D eigenvalue weighted by Gasteiger charge is 2.27. The molecule has 0 aromatic carbocycles. The first kappa shape index (κ1) is 12.9. The van der Waals surface area contributed by atoms with Crippen molar-refractivity contribution >= 4 is 5.91 Å². The Morgan fingerprint density at radius 1 is 1.24 bits per heavy atom. The van der Waals surface area contributed by atoms with E-state index in [1.807, 2.05) is 0 Å². The second-order valence-electron chi connectivity index (χ2n) is 6.00. The van der Waals surface area contributed by atoms with Crippen LogP contribution in [0.4, 0.5) is 0 Å². The van der Waals surface area contributed by atoms with Crippen LogP contribution in [0.3, 0.4) is 0 Å². The molecule has 0 aromatic rings. The number of carbonyl (C=O) groups is 1. The first-order valence-corrected chi connectivity index (χ1v) is 7.20. The lowest BCUT2D eigenvalue weighted by Gasteiger charge is -2.34. The third kappa shape index (κ3) is 3.44. The van der Waals surface area contributed by atoms with Crippen LogP contribution in [0.25, 0.3) is 0 Å². The highest BCUT2D eigenvalue weighted by atomic mass is 16.2. The van der Waals surface area contributed by atoms with Gasteiger partial charge in [0.05, 0.1) is 0 Å². The van der Waals surface area contributed by atoms with Gasteiger partial charge in [0.15, 0.2) is 0 Å². The standard InChI is InChI=1S/C14H26N2O/c1-11-5-4-8-16(10-11)14(17)9-12-6-2-3-7-13(12)15/h11-13H,2-10,15H2,1H3. The quantitative estimate of drug-likeness (QED) is 0.801. The van der Waals surface area contributed by atoms with Crippen LogP contribution in [-0.4, -0.2) is 29.9 Å². The molecule has 0 spiro atoms. The fourth-order valence-electron chi connectivity index (χ4n) is 3.26. The summed E-state index contributed by atoms with van der Waals surface area (Å²) in [6, 6.07) is 0.259. The van der Waals surface area contributed by atoms with E-state index < -0.39 is 0 Å². The highest BCUT2D eigenvalue weighted by molar-refractivity contribution is 5.76. The first-order valence-electron chi connectivity index (χ1n) is 7.20. The summed E-state index contributed by atoms with van der Waals surface area (Å²) in [6.07, 6.45) is 7.88. The van der Waals surface area contributed by atoms with Crippen LogP contribution >= 0.6 is 0 Å². The molecular formula is C14H26N2O. The van der Waals surface area contributed by atoms with Crippen molar-refractivity contribution < 1.29 is 4.79 Å². The summed E-state index contributed by atoms with van der Waals surface area (Å²) in [4.78, 5) is 14.3. The van der Waals surface area contributed by atoms with Crippen molar-refractivity contribution in [2.75, 3.05) is 13.1 Å². The molecule has 2 rings (SSSR count).